The molecule has 0 aliphatic rings. The summed E-state index contributed by atoms with van der Waals surface area (Å²) in [5, 5.41) is -2.56. The first-order valence-electron chi connectivity index (χ1n) is 12.0. The summed E-state index contributed by atoms with van der Waals surface area (Å²) in [4.78, 5) is 0. The van der Waals surface area contributed by atoms with Gasteiger partial charge in [0, 0.05) is 0 Å². The molecule has 0 saturated carbocycles. The van der Waals surface area contributed by atoms with Crippen LogP contribution in [0.3, 0.4) is 0 Å². The van der Waals surface area contributed by atoms with Gasteiger partial charge in [-0.25, -0.2) is 12.8 Å². The molecule has 0 aromatic rings. The maximum atomic E-state index is 14.8. The van der Waals surface area contributed by atoms with Crippen molar-refractivity contribution in [2.24, 2.45) is 0 Å². The van der Waals surface area contributed by atoms with E-state index in [1.54, 1.807) is 0 Å². The Kier molecular flexibility index (Phi) is 22.9. The molecule has 0 spiro atoms. The largest absolute Gasteiger partial charge is 1.00 e. The van der Waals surface area contributed by atoms with Gasteiger partial charge in [-0.2, -0.15) is 0 Å². The summed E-state index contributed by atoms with van der Waals surface area (Å²) in [6, 6.07) is 0. The summed E-state index contributed by atoms with van der Waals surface area (Å²) in [6.45, 7) is 4.39. The normalized spacial score (nSPS) is 12.1. The smallest absolute Gasteiger partial charge is 0.745 e. The van der Waals surface area contributed by atoms with Gasteiger partial charge in [0.05, 0.1) is 0 Å². The van der Waals surface area contributed by atoms with E-state index < -0.39 is 15.1 Å². The van der Waals surface area contributed by atoms with Crippen LogP contribution in [0.1, 0.15) is 142 Å². The Morgan fingerprint density at radius 1 is 0.586 bits per heavy atom. The fourth-order valence-electron chi connectivity index (χ4n) is 3.77. The molecule has 3 nitrogen and oxygen atoms in total. The molecule has 29 heavy (non-hydrogen) atoms. The summed E-state index contributed by atoms with van der Waals surface area (Å²) in [5.74, 6) is 0. The number of unbranched alkanes of at least 4 members (excludes halogenated alkanes) is 16. The van der Waals surface area contributed by atoms with Gasteiger partial charge >= 0.3 is 29.6 Å². The average Bonchev–Trinajstić information content (AvgIpc) is 2.64. The van der Waals surface area contributed by atoms with E-state index in [0.29, 0.717) is 12.8 Å². The molecule has 0 N–H and O–H groups in total. The van der Waals surface area contributed by atoms with Gasteiger partial charge in [-0.1, -0.05) is 117 Å². The fraction of sp³-hybridized carbons (Fsp3) is 1.00. The zero-order valence-corrected chi connectivity index (χ0v) is 22.5. The molecule has 0 amide bonds. The van der Waals surface area contributed by atoms with Crippen molar-refractivity contribution >= 4 is 10.1 Å². The summed E-state index contributed by atoms with van der Waals surface area (Å²) < 4.78 is 49.2. The van der Waals surface area contributed by atoms with Crippen molar-refractivity contribution in [1.29, 1.82) is 0 Å². The minimum absolute atomic E-state index is 0. The minimum atomic E-state index is -4.90. The fourth-order valence-corrected chi connectivity index (χ4v) is 4.56. The van der Waals surface area contributed by atoms with Crippen molar-refractivity contribution in [2.45, 2.75) is 147 Å². The first kappa shape index (κ1) is 32.0. The second kappa shape index (κ2) is 20.7. The molecule has 0 radical (unpaired) electrons. The monoisotopic (exact) mass is 444 g/mol. The molecule has 0 atom stereocenters. The van der Waals surface area contributed by atoms with Crippen molar-refractivity contribution < 1.29 is 46.9 Å². The first-order chi connectivity index (χ1) is 13.4. The van der Waals surface area contributed by atoms with Crippen LogP contribution in [0.2, 0.25) is 0 Å². The van der Waals surface area contributed by atoms with Crippen LogP contribution in [0.15, 0.2) is 0 Å². The SMILES string of the molecule is CCCCCCCCCCCC(F)(CCCCCCCCCCC)S(=O)(=O)[O-].[Na+]. The molecule has 6 heteroatoms. The predicted octanol–water partition coefficient (Wildman–Crippen LogP) is 5.04. The van der Waals surface area contributed by atoms with Gasteiger partial charge in [-0.3, -0.25) is 0 Å². The van der Waals surface area contributed by atoms with Crippen molar-refractivity contribution in [3.05, 3.63) is 0 Å². The molecular weight excluding hydrogens is 398 g/mol. The van der Waals surface area contributed by atoms with Gasteiger partial charge in [0.15, 0.2) is 5.00 Å². The van der Waals surface area contributed by atoms with Crippen molar-refractivity contribution in [3.8, 4) is 0 Å². The number of halogens is 1. The summed E-state index contributed by atoms with van der Waals surface area (Å²) in [6.07, 6.45) is 19.0. The number of alkyl halides is 1. The van der Waals surface area contributed by atoms with Gasteiger partial charge in [0.2, 0.25) is 0 Å². The second-order valence-corrected chi connectivity index (χ2v) is 10.1. The van der Waals surface area contributed by atoms with Crippen LogP contribution in [0.25, 0.3) is 0 Å². The zero-order chi connectivity index (χ0) is 21.1. The Balaban J connectivity index is 0. The van der Waals surface area contributed by atoms with Crippen LogP contribution < -0.4 is 29.6 Å². The molecule has 0 heterocycles. The Bertz CT molecular complexity index is 421. The van der Waals surface area contributed by atoms with Gasteiger partial charge in [0.25, 0.3) is 0 Å². The minimum Gasteiger partial charge on any atom is -0.745 e. The van der Waals surface area contributed by atoms with Crippen molar-refractivity contribution in [2.75, 3.05) is 0 Å². The maximum absolute atomic E-state index is 14.8. The van der Waals surface area contributed by atoms with E-state index in [2.05, 4.69) is 13.8 Å². The van der Waals surface area contributed by atoms with E-state index in [1.807, 2.05) is 0 Å². The third kappa shape index (κ3) is 18.1. The molecular formula is C23H46FNaO3S. The first-order valence-corrected chi connectivity index (χ1v) is 13.4. The molecule has 0 aliphatic carbocycles. The molecule has 170 valence electrons. The molecule has 0 aliphatic heterocycles. The predicted molar refractivity (Wildman–Crippen MR) is 117 cm³/mol. The summed E-state index contributed by atoms with van der Waals surface area (Å²) in [5.41, 5.74) is 0. The summed E-state index contributed by atoms with van der Waals surface area (Å²) >= 11 is 0. The third-order valence-corrected chi connectivity index (χ3v) is 7.06. The van der Waals surface area contributed by atoms with Crippen LogP contribution >= 0.6 is 0 Å². The van der Waals surface area contributed by atoms with E-state index in [9.17, 15) is 17.4 Å². The Morgan fingerprint density at radius 3 is 1.07 bits per heavy atom. The van der Waals surface area contributed by atoms with E-state index in [-0.39, 0.29) is 42.4 Å². The quantitative estimate of drug-likeness (QED) is 0.141. The van der Waals surface area contributed by atoms with Gasteiger partial charge in [0.1, 0.15) is 10.1 Å². The maximum Gasteiger partial charge on any atom is 1.00 e. The molecule has 0 rings (SSSR count). The van der Waals surface area contributed by atoms with E-state index in [4.69, 9.17) is 0 Å². The van der Waals surface area contributed by atoms with Crippen LogP contribution in [0, 0.1) is 0 Å². The van der Waals surface area contributed by atoms with Gasteiger partial charge in [-0.15, -0.1) is 0 Å². The molecule has 0 unspecified atom stereocenters. The van der Waals surface area contributed by atoms with Crippen molar-refractivity contribution in [1.82, 2.24) is 0 Å². The van der Waals surface area contributed by atoms with Crippen molar-refractivity contribution in [3.63, 3.8) is 0 Å². The third-order valence-electron chi connectivity index (χ3n) is 5.76. The van der Waals surface area contributed by atoms with E-state index in [0.717, 1.165) is 38.5 Å². The van der Waals surface area contributed by atoms with Gasteiger partial charge in [-0.05, 0) is 25.7 Å². The van der Waals surface area contributed by atoms with Crippen LogP contribution in [0.4, 0.5) is 4.39 Å². The Labute approximate surface area is 203 Å². The van der Waals surface area contributed by atoms with Crippen LogP contribution in [0.5, 0.6) is 0 Å². The zero-order valence-electron chi connectivity index (χ0n) is 19.7. The Morgan fingerprint density at radius 2 is 0.828 bits per heavy atom. The van der Waals surface area contributed by atoms with Crippen LogP contribution in [-0.4, -0.2) is 18.0 Å². The number of rotatable bonds is 21. The number of hydrogen-bond donors (Lipinski definition) is 0. The summed E-state index contributed by atoms with van der Waals surface area (Å²) in [7, 11) is -4.90. The average molecular weight is 445 g/mol. The molecule has 0 fully saturated rings. The molecule has 0 aromatic heterocycles. The van der Waals surface area contributed by atoms with Gasteiger partial charge < -0.3 is 4.55 Å². The van der Waals surface area contributed by atoms with E-state index >= 15 is 0 Å². The molecule has 0 saturated heterocycles. The standard InChI is InChI=1S/C23H47FO3S.Na/c1-3-5-7-9-11-13-15-17-19-21-23(24,28(25,26)27)22-20-18-16-14-12-10-8-6-4-2;/h3-22H2,1-2H3,(H,25,26,27);/q;+1/p-1. The van der Waals surface area contributed by atoms with Crippen LogP contribution in [-0.2, 0) is 10.1 Å². The molecule has 0 aromatic carbocycles. The Hall–Kier alpha value is 0.840. The topological polar surface area (TPSA) is 57.2 Å². The van der Waals surface area contributed by atoms with E-state index in [1.165, 1.54) is 64.2 Å². The second-order valence-electron chi connectivity index (χ2n) is 8.49. The number of hydrogen-bond acceptors (Lipinski definition) is 3. The molecule has 0 bridgehead atoms.